The molecule has 2 bridgehead atoms. The molecule has 1 aromatic carbocycles. The average Bonchev–Trinajstić information content (AvgIpc) is 3.25. The third kappa shape index (κ3) is 7.98. The first-order chi connectivity index (χ1) is 15.3. The molecular formula is C29H50N2O. The molecule has 2 fully saturated rings. The number of likely N-dealkylation sites (N-methyl/N-ethyl adjacent to an activating group) is 1. The number of carbonyl (C=O) groups excluding carboxylic acids is 1. The minimum atomic E-state index is -0.361. The highest BCUT2D eigenvalue weighted by Gasteiger charge is 2.47. The maximum Gasteiger partial charge on any atom is 0.314 e. The van der Waals surface area contributed by atoms with Crippen molar-refractivity contribution in [1.82, 2.24) is 4.90 Å². The number of benzene rings is 1. The summed E-state index contributed by atoms with van der Waals surface area (Å²) in [4.78, 5) is 13.2. The summed E-state index contributed by atoms with van der Waals surface area (Å²) < 4.78 is 0. The first-order valence-electron chi connectivity index (χ1n) is 13.1. The number of fused-ring (bicyclic) bond motifs is 2. The van der Waals surface area contributed by atoms with Gasteiger partial charge >= 0.3 is 6.03 Å². The molecule has 2 atom stereocenters. The van der Waals surface area contributed by atoms with Gasteiger partial charge in [0.05, 0.1) is 0 Å². The second kappa shape index (κ2) is 14.4. The van der Waals surface area contributed by atoms with E-state index >= 15 is 0 Å². The lowest BCUT2D eigenvalue weighted by Crippen LogP contribution is -2.38. The second-order valence-corrected chi connectivity index (χ2v) is 9.74. The Labute approximate surface area is 198 Å². The quantitative estimate of drug-likeness (QED) is 0.304. The van der Waals surface area contributed by atoms with Crippen LogP contribution in [0.15, 0.2) is 42.5 Å². The number of hydrogen-bond donors (Lipinski definition) is 1. The van der Waals surface area contributed by atoms with Crippen molar-refractivity contribution in [1.29, 1.82) is 0 Å². The fraction of sp³-hybridized carbons (Fsp3) is 0.690. The van der Waals surface area contributed by atoms with E-state index in [0.717, 1.165) is 30.1 Å². The van der Waals surface area contributed by atoms with Gasteiger partial charge in [0.2, 0.25) is 0 Å². The third-order valence-corrected chi connectivity index (χ3v) is 7.87. The maximum atomic E-state index is 11.5. The zero-order chi connectivity index (χ0) is 24.1. The average molecular weight is 443 g/mol. The smallest absolute Gasteiger partial charge is 0.314 e. The van der Waals surface area contributed by atoms with Crippen LogP contribution in [0.25, 0.3) is 0 Å². The van der Waals surface area contributed by atoms with Crippen LogP contribution in [-0.4, -0.2) is 24.0 Å². The Bertz CT molecular complexity index is 661. The predicted octanol–water partition coefficient (Wildman–Crippen LogP) is 8.17. The number of rotatable bonds is 9. The molecule has 0 aromatic heterocycles. The molecular weight excluding hydrogens is 392 g/mol. The van der Waals surface area contributed by atoms with Gasteiger partial charge in [0.15, 0.2) is 0 Å². The molecule has 182 valence electrons. The molecule has 2 amide bonds. The van der Waals surface area contributed by atoms with Crippen molar-refractivity contribution in [3.05, 3.63) is 48.0 Å². The molecule has 1 aromatic rings. The highest BCUT2D eigenvalue weighted by atomic mass is 16.2. The molecule has 32 heavy (non-hydrogen) atoms. The molecule has 3 nitrogen and oxygen atoms in total. The number of carbonyl (C=O) groups is 1. The van der Waals surface area contributed by atoms with Gasteiger partial charge in [0.25, 0.3) is 0 Å². The maximum absolute atomic E-state index is 11.5. The number of nitrogens with zero attached hydrogens (tertiary/aromatic N) is 1. The number of amides is 2. The van der Waals surface area contributed by atoms with Crippen molar-refractivity contribution in [3.63, 3.8) is 0 Å². The molecule has 0 saturated heterocycles. The van der Waals surface area contributed by atoms with Crippen LogP contribution in [0.5, 0.6) is 0 Å². The lowest BCUT2D eigenvalue weighted by atomic mass is 9.82. The Kier molecular flexibility index (Phi) is 12.7. The van der Waals surface area contributed by atoms with E-state index in [2.05, 4.69) is 39.5 Å². The van der Waals surface area contributed by atoms with Crippen LogP contribution >= 0.6 is 0 Å². The molecule has 2 aliphatic rings. The van der Waals surface area contributed by atoms with Crippen molar-refractivity contribution < 1.29 is 4.79 Å². The van der Waals surface area contributed by atoms with Crippen LogP contribution in [0.3, 0.4) is 0 Å². The lowest BCUT2D eigenvalue weighted by Gasteiger charge is -2.27. The zero-order valence-corrected chi connectivity index (χ0v) is 21.8. The van der Waals surface area contributed by atoms with E-state index in [1.54, 1.807) is 4.90 Å². The van der Waals surface area contributed by atoms with Crippen LogP contribution in [0.4, 0.5) is 4.79 Å². The zero-order valence-electron chi connectivity index (χ0n) is 21.8. The summed E-state index contributed by atoms with van der Waals surface area (Å²) in [6.07, 6.45) is 10.7. The third-order valence-electron chi connectivity index (χ3n) is 7.87. The summed E-state index contributed by atoms with van der Waals surface area (Å²) in [6, 6.07) is 9.91. The van der Waals surface area contributed by atoms with Crippen LogP contribution in [0.1, 0.15) is 104 Å². The number of urea groups is 1. The molecule has 0 spiro atoms. The second-order valence-electron chi connectivity index (χ2n) is 9.74. The summed E-state index contributed by atoms with van der Waals surface area (Å²) in [5, 5.41) is 0. The largest absolute Gasteiger partial charge is 0.351 e. The number of nitrogens with two attached hydrogens (primary N) is 1. The van der Waals surface area contributed by atoms with Gasteiger partial charge in [-0.25, -0.2) is 4.79 Å². The van der Waals surface area contributed by atoms with Gasteiger partial charge in [0.1, 0.15) is 0 Å². The summed E-state index contributed by atoms with van der Waals surface area (Å²) in [7, 11) is 0. The predicted molar refractivity (Wildman–Crippen MR) is 140 cm³/mol. The minimum absolute atomic E-state index is 0.163. The van der Waals surface area contributed by atoms with Crippen molar-refractivity contribution in [2.24, 2.45) is 23.0 Å². The molecule has 0 aliphatic heterocycles. The summed E-state index contributed by atoms with van der Waals surface area (Å²) >= 11 is 0. The van der Waals surface area contributed by atoms with E-state index in [1.165, 1.54) is 49.7 Å². The van der Waals surface area contributed by atoms with Gasteiger partial charge in [-0.05, 0) is 68.3 Å². The van der Waals surface area contributed by atoms with Crippen molar-refractivity contribution in [2.75, 3.05) is 13.1 Å². The van der Waals surface area contributed by atoms with Gasteiger partial charge in [-0.2, -0.15) is 0 Å². The van der Waals surface area contributed by atoms with Crippen LogP contribution in [0.2, 0.25) is 0 Å². The number of primary amides is 1. The Morgan fingerprint density at radius 1 is 1.16 bits per heavy atom. The van der Waals surface area contributed by atoms with E-state index in [4.69, 9.17) is 5.73 Å². The molecule has 2 aliphatic carbocycles. The standard InChI is InChI=1S/C18H28N2O.C9H16.C2H6/c1-4-6-8-11-15(3)17(14-20(5-2)18(19)21)16-12-9-7-10-13-16;1-7-8-3-5-9(7,2)6-4-8;1-2/h7,9-10,12-13,17H,3-6,8,11,14H2,1-2H3,(H2,19,21);7-8H,3-6H2,1-2H3;1-2H3. The van der Waals surface area contributed by atoms with E-state index < -0.39 is 0 Å². The molecule has 0 radical (unpaired) electrons. The monoisotopic (exact) mass is 442 g/mol. The van der Waals surface area contributed by atoms with Gasteiger partial charge in [-0.15, -0.1) is 0 Å². The Balaban J connectivity index is 0.000000380. The molecule has 0 heterocycles. The van der Waals surface area contributed by atoms with E-state index in [-0.39, 0.29) is 11.9 Å². The first-order valence-corrected chi connectivity index (χ1v) is 13.1. The highest BCUT2D eigenvalue weighted by molar-refractivity contribution is 5.72. The van der Waals surface area contributed by atoms with E-state index in [1.807, 2.05) is 39.0 Å². The van der Waals surface area contributed by atoms with Gasteiger partial charge < -0.3 is 10.6 Å². The van der Waals surface area contributed by atoms with E-state index in [9.17, 15) is 4.79 Å². The van der Waals surface area contributed by atoms with Gasteiger partial charge in [0, 0.05) is 19.0 Å². The Morgan fingerprint density at radius 3 is 2.12 bits per heavy atom. The number of hydrogen-bond acceptors (Lipinski definition) is 1. The summed E-state index contributed by atoms with van der Waals surface area (Å²) in [5.41, 5.74) is 8.62. The molecule has 3 rings (SSSR count). The molecule has 2 saturated carbocycles. The van der Waals surface area contributed by atoms with Gasteiger partial charge in [-0.1, -0.05) is 89.9 Å². The van der Waals surface area contributed by atoms with Crippen molar-refractivity contribution in [2.45, 2.75) is 98.8 Å². The van der Waals surface area contributed by atoms with Crippen LogP contribution in [0, 0.1) is 17.3 Å². The molecule has 3 heteroatoms. The fourth-order valence-electron chi connectivity index (χ4n) is 5.35. The summed E-state index contributed by atoms with van der Waals surface area (Å²) in [6.45, 7) is 18.6. The lowest BCUT2D eigenvalue weighted by molar-refractivity contribution is 0.208. The fourth-order valence-corrected chi connectivity index (χ4v) is 5.35. The highest BCUT2D eigenvalue weighted by Crippen LogP contribution is 2.57. The first kappa shape index (κ1) is 28.3. The van der Waals surface area contributed by atoms with Crippen LogP contribution in [-0.2, 0) is 0 Å². The topological polar surface area (TPSA) is 46.3 Å². The normalized spacial score (nSPS) is 23.9. The minimum Gasteiger partial charge on any atom is -0.351 e. The number of unbranched alkanes of at least 4 members (excludes halogenated alkanes) is 2. The van der Waals surface area contributed by atoms with E-state index in [0.29, 0.717) is 13.1 Å². The van der Waals surface area contributed by atoms with Gasteiger partial charge in [-0.3, -0.25) is 0 Å². The Morgan fingerprint density at radius 2 is 1.75 bits per heavy atom. The Hall–Kier alpha value is -1.77. The summed E-state index contributed by atoms with van der Waals surface area (Å²) in [5.74, 6) is 2.31. The van der Waals surface area contributed by atoms with Crippen molar-refractivity contribution >= 4 is 6.03 Å². The molecule has 2 N–H and O–H groups in total. The van der Waals surface area contributed by atoms with Crippen molar-refractivity contribution in [3.8, 4) is 0 Å². The molecule has 2 unspecified atom stereocenters. The SMILES string of the molecule is C=C(CCCCC)C(CN(CC)C(N)=O)c1ccccc1.CC.CC1C2CCC1(C)CC2. The van der Waals surface area contributed by atoms with Crippen LogP contribution < -0.4 is 5.73 Å².